The number of para-hydroxylation sites is 1. The van der Waals surface area contributed by atoms with Crippen LogP contribution in [0.4, 0.5) is 0 Å². The molecule has 0 aromatic heterocycles. The van der Waals surface area contributed by atoms with Gasteiger partial charge in [-0.15, -0.1) is 24.0 Å². The standard InChI is InChI=1S/C23H34N4O3S.HI/c1-5-24-23(25-15-14-19-10-12-21(13-11-19)31(4,28)29)26-18-20-8-6-7-9-22(20)30-17-16-27(2)3;/h6-13H,5,14-18H2,1-4H3,(H2,24,25,26);1H. The van der Waals surface area contributed by atoms with Crippen LogP contribution in [-0.2, 0) is 22.8 Å². The molecule has 0 atom stereocenters. The molecule has 9 heteroatoms. The Kier molecular flexibility index (Phi) is 12.6. The number of nitrogens with one attached hydrogen (secondary N) is 2. The number of guanidine groups is 1. The summed E-state index contributed by atoms with van der Waals surface area (Å²) in [4.78, 5) is 7.11. The van der Waals surface area contributed by atoms with Gasteiger partial charge in [-0.05, 0) is 51.2 Å². The SMILES string of the molecule is CCNC(=NCc1ccccc1OCCN(C)C)NCCc1ccc(S(C)(=O)=O)cc1.I. The fourth-order valence-electron chi connectivity index (χ4n) is 2.85. The number of likely N-dealkylation sites (N-methyl/N-ethyl adjacent to an activating group) is 1. The van der Waals surface area contributed by atoms with Crippen LogP contribution in [0.3, 0.4) is 0 Å². The summed E-state index contributed by atoms with van der Waals surface area (Å²) >= 11 is 0. The molecule has 2 N–H and O–H groups in total. The largest absolute Gasteiger partial charge is 0.492 e. The summed E-state index contributed by atoms with van der Waals surface area (Å²) in [5, 5.41) is 6.59. The summed E-state index contributed by atoms with van der Waals surface area (Å²) in [6.07, 6.45) is 1.98. The maximum absolute atomic E-state index is 11.6. The zero-order valence-corrected chi connectivity index (χ0v) is 22.4. The van der Waals surface area contributed by atoms with Gasteiger partial charge in [0.25, 0.3) is 0 Å². The zero-order valence-electron chi connectivity index (χ0n) is 19.3. The van der Waals surface area contributed by atoms with Crippen molar-refractivity contribution >= 4 is 39.8 Å². The minimum Gasteiger partial charge on any atom is -0.492 e. The highest BCUT2D eigenvalue weighted by molar-refractivity contribution is 14.0. The summed E-state index contributed by atoms with van der Waals surface area (Å²) in [5.41, 5.74) is 2.10. The van der Waals surface area contributed by atoms with Crippen LogP contribution in [0.5, 0.6) is 5.75 Å². The molecule has 0 unspecified atom stereocenters. The number of rotatable bonds is 11. The fraction of sp³-hybridized carbons (Fsp3) is 0.435. The van der Waals surface area contributed by atoms with E-state index in [1.54, 1.807) is 12.1 Å². The van der Waals surface area contributed by atoms with Gasteiger partial charge in [0.1, 0.15) is 12.4 Å². The first kappa shape index (κ1) is 28.2. The van der Waals surface area contributed by atoms with Crippen LogP contribution >= 0.6 is 24.0 Å². The van der Waals surface area contributed by atoms with Crippen LogP contribution in [0, 0.1) is 0 Å². The molecule has 0 amide bonds. The Morgan fingerprint density at radius 2 is 1.75 bits per heavy atom. The molecule has 2 aromatic carbocycles. The molecule has 0 aliphatic heterocycles. The second kappa shape index (κ2) is 14.3. The molecule has 2 rings (SSSR count). The van der Waals surface area contributed by atoms with E-state index in [-0.39, 0.29) is 24.0 Å². The Morgan fingerprint density at radius 1 is 1.06 bits per heavy atom. The lowest BCUT2D eigenvalue weighted by molar-refractivity contribution is 0.259. The number of aliphatic imine (C=N–C) groups is 1. The molecular formula is C23H35IN4O3S. The molecule has 32 heavy (non-hydrogen) atoms. The second-order valence-corrected chi connectivity index (χ2v) is 9.56. The first-order valence-corrected chi connectivity index (χ1v) is 12.4. The average molecular weight is 575 g/mol. The minimum absolute atomic E-state index is 0. The van der Waals surface area contributed by atoms with Crippen molar-refractivity contribution < 1.29 is 13.2 Å². The number of hydrogen-bond acceptors (Lipinski definition) is 5. The summed E-state index contributed by atoms with van der Waals surface area (Å²) in [5.74, 6) is 1.59. The summed E-state index contributed by atoms with van der Waals surface area (Å²) in [6.45, 7) is 5.47. The van der Waals surface area contributed by atoms with E-state index in [4.69, 9.17) is 4.74 Å². The maximum atomic E-state index is 11.6. The third kappa shape index (κ3) is 10.2. The number of sulfone groups is 1. The predicted octanol–water partition coefficient (Wildman–Crippen LogP) is 2.95. The van der Waals surface area contributed by atoms with Crippen LogP contribution < -0.4 is 15.4 Å². The summed E-state index contributed by atoms with van der Waals surface area (Å²) in [7, 11) is 0.878. The lowest BCUT2D eigenvalue weighted by Gasteiger charge is -2.14. The Bertz CT molecular complexity index is 948. The molecule has 0 saturated carbocycles. The van der Waals surface area contributed by atoms with Crippen molar-refractivity contribution in [3.63, 3.8) is 0 Å². The predicted molar refractivity (Wildman–Crippen MR) is 142 cm³/mol. The average Bonchev–Trinajstić information content (AvgIpc) is 2.72. The van der Waals surface area contributed by atoms with Crippen LogP contribution in [0.15, 0.2) is 58.4 Å². The molecule has 0 radical (unpaired) electrons. The van der Waals surface area contributed by atoms with Crippen molar-refractivity contribution in [2.24, 2.45) is 4.99 Å². The number of benzene rings is 2. The Hall–Kier alpha value is -1.85. The zero-order chi connectivity index (χ0) is 22.7. The molecule has 0 saturated heterocycles. The topological polar surface area (TPSA) is 83.0 Å². The van der Waals surface area contributed by atoms with Gasteiger partial charge in [-0.3, -0.25) is 0 Å². The van der Waals surface area contributed by atoms with Crippen LogP contribution in [0.1, 0.15) is 18.1 Å². The molecule has 0 aliphatic rings. The van der Waals surface area contributed by atoms with Gasteiger partial charge in [0.2, 0.25) is 0 Å². The lowest BCUT2D eigenvalue weighted by Crippen LogP contribution is -2.38. The van der Waals surface area contributed by atoms with Crippen molar-refractivity contribution in [3.05, 3.63) is 59.7 Å². The molecule has 0 fully saturated rings. The smallest absolute Gasteiger partial charge is 0.191 e. The van der Waals surface area contributed by atoms with Crippen molar-refractivity contribution in [3.8, 4) is 5.75 Å². The molecular weight excluding hydrogens is 539 g/mol. The Labute approximate surface area is 209 Å². The van der Waals surface area contributed by atoms with E-state index in [9.17, 15) is 8.42 Å². The van der Waals surface area contributed by atoms with Gasteiger partial charge in [0, 0.05) is 31.5 Å². The molecule has 0 spiro atoms. The number of halogens is 1. The fourth-order valence-corrected chi connectivity index (χ4v) is 3.48. The van der Waals surface area contributed by atoms with E-state index in [0.717, 1.165) is 42.3 Å². The van der Waals surface area contributed by atoms with Gasteiger partial charge >= 0.3 is 0 Å². The molecule has 0 heterocycles. The third-order valence-electron chi connectivity index (χ3n) is 4.58. The highest BCUT2D eigenvalue weighted by atomic mass is 127. The monoisotopic (exact) mass is 574 g/mol. The second-order valence-electron chi connectivity index (χ2n) is 7.55. The van der Waals surface area contributed by atoms with Gasteiger partial charge in [0.05, 0.1) is 11.4 Å². The summed E-state index contributed by atoms with van der Waals surface area (Å²) in [6, 6.07) is 15.0. The highest BCUT2D eigenvalue weighted by Crippen LogP contribution is 2.18. The van der Waals surface area contributed by atoms with Crippen molar-refractivity contribution in [1.29, 1.82) is 0 Å². The number of hydrogen-bond donors (Lipinski definition) is 2. The van der Waals surface area contributed by atoms with Gasteiger partial charge in [0.15, 0.2) is 15.8 Å². The molecule has 7 nitrogen and oxygen atoms in total. The lowest BCUT2D eigenvalue weighted by atomic mass is 10.1. The Balaban J connectivity index is 0.00000512. The van der Waals surface area contributed by atoms with Crippen molar-refractivity contribution in [1.82, 2.24) is 15.5 Å². The van der Waals surface area contributed by atoms with Crippen LogP contribution in [0.2, 0.25) is 0 Å². The van der Waals surface area contributed by atoms with Crippen LogP contribution in [0.25, 0.3) is 0 Å². The van der Waals surface area contributed by atoms with E-state index in [1.807, 2.05) is 57.4 Å². The van der Waals surface area contributed by atoms with Crippen molar-refractivity contribution in [2.45, 2.75) is 24.8 Å². The van der Waals surface area contributed by atoms with E-state index >= 15 is 0 Å². The van der Waals surface area contributed by atoms with Gasteiger partial charge in [-0.2, -0.15) is 0 Å². The summed E-state index contributed by atoms with van der Waals surface area (Å²) < 4.78 is 29.1. The molecule has 2 aromatic rings. The molecule has 0 bridgehead atoms. The number of nitrogens with zero attached hydrogens (tertiary/aromatic N) is 2. The first-order chi connectivity index (χ1) is 14.8. The molecule has 178 valence electrons. The van der Waals surface area contributed by atoms with Crippen molar-refractivity contribution in [2.75, 3.05) is 46.6 Å². The normalized spacial score (nSPS) is 11.7. The van der Waals surface area contributed by atoms with Gasteiger partial charge in [-0.1, -0.05) is 30.3 Å². The minimum atomic E-state index is -3.17. The van der Waals surface area contributed by atoms with Gasteiger partial charge in [-0.25, -0.2) is 13.4 Å². The molecule has 0 aliphatic carbocycles. The Morgan fingerprint density at radius 3 is 2.38 bits per heavy atom. The van der Waals surface area contributed by atoms with E-state index in [1.165, 1.54) is 6.26 Å². The quantitative estimate of drug-likeness (QED) is 0.244. The maximum Gasteiger partial charge on any atom is 0.191 e. The van der Waals surface area contributed by atoms with E-state index < -0.39 is 9.84 Å². The first-order valence-electron chi connectivity index (χ1n) is 10.5. The van der Waals surface area contributed by atoms with E-state index in [2.05, 4.69) is 20.5 Å². The van der Waals surface area contributed by atoms with Gasteiger partial charge < -0.3 is 20.3 Å². The number of ether oxygens (including phenoxy) is 1. The van der Waals surface area contributed by atoms with E-state index in [0.29, 0.717) is 24.6 Å². The van der Waals surface area contributed by atoms with Crippen LogP contribution in [-0.4, -0.2) is 65.9 Å². The highest BCUT2D eigenvalue weighted by Gasteiger charge is 2.07. The third-order valence-corrected chi connectivity index (χ3v) is 5.71.